The van der Waals surface area contributed by atoms with E-state index in [0.29, 0.717) is 16.6 Å². The van der Waals surface area contributed by atoms with Crippen molar-refractivity contribution in [3.8, 4) is 11.1 Å². The van der Waals surface area contributed by atoms with E-state index in [-0.39, 0.29) is 0 Å². The Balaban J connectivity index is 2.32. The summed E-state index contributed by atoms with van der Waals surface area (Å²) >= 11 is 12.0. The van der Waals surface area contributed by atoms with Gasteiger partial charge in [0.25, 0.3) is 0 Å². The van der Waals surface area contributed by atoms with E-state index in [1.165, 1.54) is 5.56 Å². The summed E-state index contributed by atoms with van der Waals surface area (Å²) in [6.45, 7) is 0.669. The maximum Gasteiger partial charge on any atom is 0.0426 e. The van der Waals surface area contributed by atoms with Crippen molar-refractivity contribution in [1.29, 1.82) is 0 Å². The molecule has 2 N–H and O–H groups in total. The molecule has 0 heterocycles. The minimum atomic E-state index is 0.651. The lowest BCUT2D eigenvalue weighted by Gasteiger charge is -2.05. The molecule has 0 saturated carbocycles. The van der Waals surface area contributed by atoms with E-state index in [9.17, 15) is 0 Å². The fourth-order valence-corrected chi connectivity index (χ4v) is 2.28. The second-order valence-corrected chi connectivity index (χ2v) is 4.77. The summed E-state index contributed by atoms with van der Waals surface area (Å²) in [5.41, 5.74) is 8.89. The molecule has 0 aliphatic rings. The molecule has 0 aromatic heterocycles. The molecule has 2 aromatic carbocycles. The van der Waals surface area contributed by atoms with Gasteiger partial charge in [-0.1, -0.05) is 47.5 Å². The molecule has 3 heteroatoms. The monoisotopic (exact) mass is 265 g/mol. The van der Waals surface area contributed by atoms with Crippen molar-refractivity contribution < 1.29 is 0 Å². The zero-order valence-corrected chi connectivity index (χ0v) is 10.8. The van der Waals surface area contributed by atoms with E-state index in [0.717, 1.165) is 17.5 Å². The summed E-state index contributed by atoms with van der Waals surface area (Å²) in [5, 5.41) is 1.30. The standard InChI is InChI=1S/C14H13Cl2N/c15-13-7-12(8-14(16)9-13)11-3-1-10(2-4-11)5-6-17/h1-4,7-9H,5-6,17H2. The van der Waals surface area contributed by atoms with Gasteiger partial charge in [-0.25, -0.2) is 0 Å². The molecule has 2 aromatic rings. The molecule has 0 fully saturated rings. The minimum Gasteiger partial charge on any atom is -0.330 e. The summed E-state index contributed by atoms with van der Waals surface area (Å²) in [5.74, 6) is 0. The molecule has 0 radical (unpaired) electrons. The van der Waals surface area contributed by atoms with Crippen molar-refractivity contribution in [3.63, 3.8) is 0 Å². The maximum absolute atomic E-state index is 5.98. The van der Waals surface area contributed by atoms with Crippen molar-refractivity contribution in [2.45, 2.75) is 6.42 Å². The molecule has 17 heavy (non-hydrogen) atoms. The van der Waals surface area contributed by atoms with E-state index < -0.39 is 0 Å². The van der Waals surface area contributed by atoms with Gasteiger partial charge in [-0.05, 0) is 47.9 Å². The van der Waals surface area contributed by atoms with Gasteiger partial charge in [0.05, 0.1) is 0 Å². The van der Waals surface area contributed by atoms with Crippen LogP contribution >= 0.6 is 23.2 Å². The molecule has 0 atom stereocenters. The first-order chi connectivity index (χ1) is 8.19. The maximum atomic E-state index is 5.98. The normalized spacial score (nSPS) is 10.5. The molecule has 0 aliphatic carbocycles. The summed E-state index contributed by atoms with van der Waals surface area (Å²) < 4.78 is 0. The summed E-state index contributed by atoms with van der Waals surface area (Å²) in [6.07, 6.45) is 0.899. The van der Waals surface area contributed by atoms with Crippen LogP contribution in [-0.4, -0.2) is 6.54 Å². The second kappa shape index (κ2) is 5.54. The summed E-state index contributed by atoms with van der Waals surface area (Å²) in [4.78, 5) is 0. The first kappa shape index (κ1) is 12.4. The van der Waals surface area contributed by atoms with Crippen LogP contribution in [0.3, 0.4) is 0 Å². The quantitative estimate of drug-likeness (QED) is 0.886. The third-order valence-electron chi connectivity index (χ3n) is 2.58. The Morgan fingerprint density at radius 2 is 1.41 bits per heavy atom. The van der Waals surface area contributed by atoms with Gasteiger partial charge in [-0.3, -0.25) is 0 Å². The average molecular weight is 266 g/mol. The molecular formula is C14H13Cl2N. The molecule has 0 amide bonds. The highest BCUT2D eigenvalue weighted by atomic mass is 35.5. The predicted octanol–water partition coefficient (Wildman–Crippen LogP) is 4.16. The van der Waals surface area contributed by atoms with Crippen LogP contribution < -0.4 is 5.73 Å². The summed E-state index contributed by atoms with van der Waals surface area (Å²) in [7, 11) is 0. The second-order valence-electron chi connectivity index (χ2n) is 3.89. The van der Waals surface area contributed by atoms with E-state index in [2.05, 4.69) is 24.3 Å². The Hall–Kier alpha value is -1.02. The lowest BCUT2D eigenvalue weighted by Crippen LogP contribution is -2.02. The van der Waals surface area contributed by atoms with Crippen LogP contribution in [0.25, 0.3) is 11.1 Å². The van der Waals surface area contributed by atoms with Crippen LogP contribution in [0, 0.1) is 0 Å². The number of hydrogen-bond acceptors (Lipinski definition) is 1. The van der Waals surface area contributed by atoms with E-state index in [1.54, 1.807) is 6.07 Å². The van der Waals surface area contributed by atoms with Gasteiger partial charge in [0.15, 0.2) is 0 Å². The van der Waals surface area contributed by atoms with Crippen LogP contribution in [0.15, 0.2) is 42.5 Å². The van der Waals surface area contributed by atoms with E-state index >= 15 is 0 Å². The smallest absolute Gasteiger partial charge is 0.0426 e. The molecular weight excluding hydrogens is 253 g/mol. The molecule has 88 valence electrons. The zero-order chi connectivity index (χ0) is 12.3. The highest BCUT2D eigenvalue weighted by Crippen LogP contribution is 2.27. The zero-order valence-electron chi connectivity index (χ0n) is 9.29. The van der Waals surface area contributed by atoms with Gasteiger partial charge in [-0.15, -0.1) is 0 Å². The third kappa shape index (κ3) is 3.22. The highest BCUT2D eigenvalue weighted by Gasteiger charge is 2.01. The van der Waals surface area contributed by atoms with E-state index in [4.69, 9.17) is 28.9 Å². The van der Waals surface area contributed by atoms with Gasteiger partial charge < -0.3 is 5.73 Å². The molecule has 0 aliphatic heterocycles. The van der Waals surface area contributed by atoms with Gasteiger partial charge in [0.2, 0.25) is 0 Å². The third-order valence-corrected chi connectivity index (χ3v) is 3.02. The SMILES string of the molecule is NCCc1ccc(-c2cc(Cl)cc(Cl)c2)cc1. The van der Waals surface area contributed by atoms with Crippen LogP contribution in [-0.2, 0) is 6.42 Å². The van der Waals surface area contributed by atoms with Crippen molar-refractivity contribution in [3.05, 3.63) is 58.1 Å². The first-order valence-electron chi connectivity index (χ1n) is 5.44. The molecule has 1 nitrogen and oxygen atoms in total. The minimum absolute atomic E-state index is 0.651. The van der Waals surface area contributed by atoms with Gasteiger partial charge in [0, 0.05) is 10.0 Å². The molecule has 0 saturated heterocycles. The predicted molar refractivity (Wildman–Crippen MR) is 74.7 cm³/mol. The Bertz CT molecular complexity index is 486. The van der Waals surface area contributed by atoms with Crippen molar-refractivity contribution in [1.82, 2.24) is 0 Å². The lowest BCUT2D eigenvalue weighted by atomic mass is 10.0. The number of halogens is 2. The van der Waals surface area contributed by atoms with Crippen molar-refractivity contribution >= 4 is 23.2 Å². The molecule has 2 rings (SSSR count). The van der Waals surface area contributed by atoms with Gasteiger partial charge >= 0.3 is 0 Å². The Labute approximate surface area is 111 Å². The topological polar surface area (TPSA) is 26.0 Å². The fraction of sp³-hybridized carbons (Fsp3) is 0.143. The summed E-state index contributed by atoms with van der Waals surface area (Å²) in [6, 6.07) is 13.8. The van der Waals surface area contributed by atoms with Crippen molar-refractivity contribution in [2.75, 3.05) is 6.54 Å². The number of benzene rings is 2. The van der Waals surface area contributed by atoms with Crippen LogP contribution in [0.5, 0.6) is 0 Å². The average Bonchev–Trinajstić information content (AvgIpc) is 2.29. The largest absolute Gasteiger partial charge is 0.330 e. The number of hydrogen-bond donors (Lipinski definition) is 1. The van der Waals surface area contributed by atoms with Crippen LogP contribution in [0.1, 0.15) is 5.56 Å². The first-order valence-corrected chi connectivity index (χ1v) is 6.20. The molecule has 0 bridgehead atoms. The Morgan fingerprint density at radius 1 is 0.824 bits per heavy atom. The van der Waals surface area contributed by atoms with Crippen LogP contribution in [0.4, 0.5) is 0 Å². The fourth-order valence-electron chi connectivity index (χ4n) is 1.75. The Kier molecular flexibility index (Phi) is 4.06. The number of nitrogens with two attached hydrogens (primary N) is 1. The lowest BCUT2D eigenvalue weighted by molar-refractivity contribution is 0.969. The van der Waals surface area contributed by atoms with Crippen molar-refractivity contribution in [2.24, 2.45) is 5.73 Å². The van der Waals surface area contributed by atoms with Gasteiger partial charge in [-0.2, -0.15) is 0 Å². The highest BCUT2D eigenvalue weighted by molar-refractivity contribution is 6.35. The van der Waals surface area contributed by atoms with Gasteiger partial charge in [0.1, 0.15) is 0 Å². The molecule has 0 spiro atoms. The number of rotatable bonds is 3. The van der Waals surface area contributed by atoms with Crippen LogP contribution in [0.2, 0.25) is 10.0 Å². The molecule has 0 unspecified atom stereocenters. The Morgan fingerprint density at radius 3 is 1.94 bits per heavy atom. The van der Waals surface area contributed by atoms with E-state index in [1.807, 2.05) is 12.1 Å².